The van der Waals surface area contributed by atoms with E-state index in [0.29, 0.717) is 29.7 Å². The minimum absolute atomic E-state index is 0.119. The van der Waals surface area contributed by atoms with Crippen molar-refractivity contribution in [1.29, 1.82) is 0 Å². The molecule has 0 bridgehead atoms. The number of phenolic OH excluding ortho intramolecular Hbond substituents is 1. The first-order valence-electron chi connectivity index (χ1n) is 8.74. The zero-order chi connectivity index (χ0) is 21.0. The van der Waals surface area contributed by atoms with Crippen LogP contribution in [0.25, 0.3) is 0 Å². The molecular weight excluding hydrogens is 366 g/mol. The zero-order valence-electron chi connectivity index (χ0n) is 16.4. The maximum absolute atomic E-state index is 11.9. The molecule has 0 aliphatic carbocycles. The molecule has 28 heavy (non-hydrogen) atoms. The fraction of sp³-hybridized carbons (Fsp3) is 0.421. The Kier molecular flexibility index (Phi) is 6.50. The Hall–Kier alpha value is -3.23. The van der Waals surface area contributed by atoms with Gasteiger partial charge in [-0.3, -0.25) is 10.2 Å². The molecule has 0 unspecified atom stereocenters. The van der Waals surface area contributed by atoms with Crippen LogP contribution < -0.4 is 15.9 Å². The van der Waals surface area contributed by atoms with Crippen LogP contribution in [0, 0.1) is 6.92 Å². The molecule has 1 aromatic rings. The summed E-state index contributed by atoms with van der Waals surface area (Å²) in [4.78, 5) is 34.6. The Bertz CT molecular complexity index is 847. The van der Waals surface area contributed by atoms with Crippen LogP contribution in [0.4, 0.5) is 4.79 Å². The smallest absolute Gasteiger partial charge is 0.342 e. The number of carbonyl (C=O) groups is 3. The molecule has 1 aliphatic heterocycles. The van der Waals surface area contributed by atoms with Gasteiger partial charge in [0.05, 0.1) is 7.11 Å². The number of allylic oxidation sites excluding steroid dienone is 2. The lowest BCUT2D eigenvalue weighted by Gasteiger charge is -2.16. The number of ether oxygens (including phenoxy) is 2. The Labute approximate surface area is 163 Å². The van der Waals surface area contributed by atoms with Crippen molar-refractivity contribution < 1.29 is 29.0 Å². The topological polar surface area (TPSA) is 131 Å². The lowest BCUT2D eigenvalue weighted by Crippen LogP contribution is -2.45. The second-order valence-corrected chi connectivity index (χ2v) is 6.60. The van der Waals surface area contributed by atoms with Crippen molar-refractivity contribution in [2.75, 3.05) is 14.2 Å². The lowest BCUT2D eigenvalue weighted by molar-refractivity contribution is -0.124. The predicted molar refractivity (Wildman–Crippen MR) is 101 cm³/mol. The minimum Gasteiger partial charge on any atom is -0.507 e. The highest BCUT2D eigenvalue weighted by Crippen LogP contribution is 2.42. The third kappa shape index (κ3) is 4.36. The summed E-state index contributed by atoms with van der Waals surface area (Å²) in [5, 5.41) is 11.5. The third-order valence-electron chi connectivity index (χ3n) is 4.67. The van der Waals surface area contributed by atoms with E-state index in [1.165, 1.54) is 14.2 Å². The number of hydrazine groups is 1. The number of esters is 1. The van der Waals surface area contributed by atoms with E-state index in [2.05, 4.69) is 5.43 Å². The minimum atomic E-state index is -0.756. The molecular formula is C19H25N3O6. The summed E-state index contributed by atoms with van der Waals surface area (Å²) < 4.78 is 10.5. The van der Waals surface area contributed by atoms with Gasteiger partial charge in [-0.1, -0.05) is 11.6 Å². The number of cyclic esters (lactones) is 1. The van der Waals surface area contributed by atoms with E-state index in [1.807, 2.05) is 19.9 Å². The van der Waals surface area contributed by atoms with E-state index in [9.17, 15) is 19.5 Å². The average molecular weight is 391 g/mol. The Morgan fingerprint density at radius 1 is 1.39 bits per heavy atom. The van der Waals surface area contributed by atoms with Crippen LogP contribution in [0.15, 0.2) is 11.6 Å². The number of aromatic hydroxyl groups is 1. The number of amides is 3. The SMILES string of the molecule is COc1c(C)c2c(c(O)c1C/C=C(\C)CCC(=O)NN(C)C(N)=O)C(=O)OC2. The summed E-state index contributed by atoms with van der Waals surface area (Å²) in [6.07, 6.45) is 2.80. The number of phenols is 1. The van der Waals surface area contributed by atoms with Crippen molar-refractivity contribution in [3.8, 4) is 11.5 Å². The quantitative estimate of drug-likeness (QED) is 0.384. The van der Waals surface area contributed by atoms with Crippen LogP contribution in [-0.4, -0.2) is 42.2 Å². The molecule has 2 rings (SSSR count). The highest BCUT2D eigenvalue weighted by molar-refractivity contribution is 5.98. The second-order valence-electron chi connectivity index (χ2n) is 6.60. The number of rotatable bonds is 6. The van der Waals surface area contributed by atoms with Gasteiger partial charge in [0.2, 0.25) is 5.91 Å². The molecule has 1 aliphatic rings. The number of urea groups is 1. The molecule has 0 atom stereocenters. The molecule has 0 saturated carbocycles. The van der Waals surface area contributed by atoms with Gasteiger partial charge in [0.15, 0.2) is 0 Å². The maximum Gasteiger partial charge on any atom is 0.342 e. The summed E-state index contributed by atoms with van der Waals surface area (Å²) in [6, 6.07) is -0.756. The van der Waals surface area contributed by atoms with Crippen LogP contribution in [0.3, 0.4) is 0 Å². The van der Waals surface area contributed by atoms with Crippen LogP contribution in [0.1, 0.15) is 46.8 Å². The van der Waals surface area contributed by atoms with Crippen LogP contribution in [0.5, 0.6) is 11.5 Å². The molecule has 0 fully saturated rings. The Balaban J connectivity index is 2.12. The Morgan fingerprint density at radius 3 is 2.68 bits per heavy atom. The van der Waals surface area contributed by atoms with Crippen molar-refractivity contribution in [2.45, 2.75) is 39.7 Å². The third-order valence-corrected chi connectivity index (χ3v) is 4.67. The molecule has 0 spiro atoms. The van der Waals surface area contributed by atoms with Gasteiger partial charge in [0, 0.05) is 24.6 Å². The normalized spacial score (nSPS) is 13.0. The summed E-state index contributed by atoms with van der Waals surface area (Å²) in [5.74, 6) is -0.509. The number of nitrogens with two attached hydrogens (primary N) is 1. The van der Waals surface area contributed by atoms with Crippen molar-refractivity contribution >= 4 is 17.9 Å². The number of methoxy groups -OCH3 is 1. The number of hydrogen-bond donors (Lipinski definition) is 3. The van der Waals surface area contributed by atoms with Gasteiger partial charge in [0.1, 0.15) is 23.7 Å². The predicted octanol–water partition coefficient (Wildman–Crippen LogP) is 1.69. The van der Waals surface area contributed by atoms with Gasteiger partial charge in [-0.2, -0.15) is 0 Å². The average Bonchev–Trinajstić information content (AvgIpc) is 3.03. The van der Waals surface area contributed by atoms with Gasteiger partial charge in [-0.05, 0) is 32.3 Å². The summed E-state index contributed by atoms with van der Waals surface area (Å²) in [5.41, 5.74) is 10.4. The molecule has 9 nitrogen and oxygen atoms in total. The number of benzene rings is 1. The molecule has 0 saturated heterocycles. The van der Waals surface area contributed by atoms with Gasteiger partial charge < -0.3 is 20.3 Å². The number of nitrogens with zero attached hydrogens (tertiary/aromatic N) is 1. The van der Waals surface area contributed by atoms with Crippen molar-refractivity contribution in [2.24, 2.45) is 5.73 Å². The molecule has 1 aromatic carbocycles. The van der Waals surface area contributed by atoms with E-state index in [-0.39, 0.29) is 30.2 Å². The first kappa shape index (κ1) is 21.1. The van der Waals surface area contributed by atoms with E-state index < -0.39 is 12.0 Å². The van der Waals surface area contributed by atoms with Crippen LogP contribution >= 0.6 is 0 Å². The van der Waals surface area contributed by atoms with Crippen molar-refractivity contribution in [3.05, 3.63) is 33.9 Å². The van der Waals surface area contributed by atoms with Crippen molar-refractivity contribution in [3.63, 3.8) is 0 Å². The molecule has 0 aromatic heterocycles. The van der Waals surface area contributed by atoms with E-state index in [4.69, 9.17) is 15.2 Å². The molecule has 9 heteroatoms. The number of primary amides is 1. The van der Waals surface area contributed by atoms with Crippen molar-refractivity contribution in [1.82, 2.24) is 10.4 Å². The van der Waals surface area contributed by atoms with Gasteiger partial charge in [-0.25, -0.2) is 14.6 Å². The zero-order valence-corrected chi connectivity index (χ0v) is 16.4. The number of carbonyl (C=O) groups excluding carboxylic acids is 3. The number of nitrogens with one attached hydrogen (secondary N) is 1. The highest BCUT2D eigenvalue weighted by atomic mass is 16.5. The second kappa shape index (κ2) is 8.64. The molecule has 0 radical (unpaired) electrons. The van der Waals surface area contributed by atoms with Crippen LogP contribution in [-0.2, 0) is 22.6 Å². The number of fused-ring (bicyclic) bond motifs is 1. The maximum atomic E-state index is 11.9. The van der Waals surface area contributed by atoms with Crippen LogP contribution in [0.2, 0.25) is 0 Å². The van der Waals surface area contributed by atoms with Gasteiger partial charge >= 0.3 is 12.0 Å². The first-order chi connectivity index (χ1) is 13.2. The lowest BCUT2D eigenvalue weighted by atomic mass is 9.94. The molecule has 1 heterocycles. The van der Waals surface area contributed by atoms with Gasteiger partial charge in [-0.15, -0.1) is 0 Å². The molecule has 3 amide bonds. The number of hydrogen-bond acceptors (Lipinski definition) is 6. The standard InChI is InChI=1S/C19H25N3O6/c1-10(6-8-14(23)21-22(3)19(20)26)5-7-12-16(24)15-13(9-28-18(15)25)11(2)17(12)27-4/h5,24H,6-9H2,1-4H3,(H2,20,26)(H,21,23)/b10-5+. The molecule has 4 N–H and O–H groups in total. The summed E-state index contributed by atoms with van der Waals surface area (Å²) in [6.45, 7) is 3.79. The monoisotopic (exact) mass is 391 g/mol. The summed E-state index contributed by atoms with van der Waals surface area (Å²) in [7, 11) is 2.87. The highest BCUT2D eigenvalue weighted by Gasteiger charge is 2.31. The fourth-order valence-electron chi connectivity index (χ4n) is 3.02. The Morgan fingerprint density at radius 2 is 2.07 bits per heavy atom. The van der Waals surface area contributed by atoms with E-state index in [1.54, 1.807) is 0 Å². The fourth-order valence-corrected chi connectivity index (χ4v) is 3.02. The van der Waals surface area contributed by atoms with E-state index in [0.717, 1.165) is 16.1 Å². The first-order valence-corrected chi connectivity index (χ1v) is 8.74. The van der Waals surface area contributed by atoms with E-state index >= 15 is 0 Å². The van der Waals surface area contributed by atoms with Gasteiger partial charge in [0.25, 0.3) is 0 Å². The largest absolute Gasteiger partial charge is 0.507 e. The summed E-state index contributed by atoms with van der Waals surface area (Å²) >= 11 is 0. The molecule has 152 valence electrons.